The summed E-state index contributed by atoms with van der Waals surface area (Å²) in [5.41, 5.74) is 0.212. The summed E-state index contributed by atoms with van der Waals surface area (Å²) in [5, 5.41) is 0.252. The van der Waals surface area contributed by atoms with Crippen LogP contribution in [0.4, 0.5) is 0 Å². The lowest BCUT2D eigenvalue weighted by Crippen LogP contribution is -2.39. The van der Waals surface area contributed by atoms with Gasteiger partial charge in [-0.1, -0.05) is 25.4 Å². The van der Waals surface area contributed by atoms with Crippen LogP contribution in [0.25, 0.3) is 0 Å². The molecule has 0 aromatic heterocycles. The molecule has 1 aromatic carbocycles. The maximum Gasteiger partial charge on any atom is 0.255 e. The largest absolute Gasteiger partial charge is 0.336 e. The van der Waals surface area contributed by atoms with E-state index in [0.29, 0.717) is 12.5 Å². The Morgan fingerprint density at radius 1 is 1.17 bits per heavy atom. The summed E-state index contributed by atoms with van der Waals surface area (Å²) in [7, 11) is -0.717. The molecule has 23 heavy (non-hydrogen) atoms. The number of benzene rings is 1. The van der Waals surface area contributed by atoms with Gasteiger partial charge in [0.15, 0.2) is 0 Å². The van der Waals surface area contributed by atoms with Gasteiger partial charge >= 0.3 is 0 Å². The highest BCUT2D eigenvalue weighted by molar-refractivity contribution is 7.89. The minimum atomic E-state index is -3.61. The fourth-order valence-corrected chi connectivity index (χ4v) is 3.24. The number of hydrogen-bond acceptors (Lipinski definition) is 3. The van der Waals surface area contributed by atoms with E-state index in [1.54, 1.807) is 4.90 Å². The van der Waals surface area contributed by atoms with E-state index in [-0.39, 0.29) is 27.4 Å². The Hall–Kier alpha value is -1.11. The van der Waals surface area contributed by atoms with Gasteiger partial charge in [0.25, 0.3) is 5.91 Å². The molecule has 0 aliphatic carbocycles. The SMILES string of the molecule is CC(C)CN(C(=O)c1cc(S(=O)(=O)N(C)C)ccc1Cl)C(C)C. The van der Waals surface area contributed by atoms with Crippen molar-refractivity contribution in [2.75, 3.05) is 20.6 Å². The fourth-order valence-electron chi connectivity index (χ4n) is 2.12. The number of amides is 1. The number of nitrogens with zero attached hydrogens (tertiary/aromatic N) is 2. The quantitative estimate of drug-likeness (QED) is 0.783. The van der Waals surface area contributed by atoms with Crippen LogP contribution in [0.1, 0.15) is 38.1 Å². The molecule has 1 amide bonds. The van der Waals surface area contributed by atoms with Crippen LogP contribution in [0, 0.1) is 5.92 Å². The first-order chi connectivity index (χ1) is 10.5. The summed E-state index contributed by atoms with van der Waals surface area (Å²) in [6, 6.07) is 4.22. The number of sulfonamides is 1. The molecule has 0 aliphatic rings. The predicted molar refractivity (Wildman–Crippen MR) is 93.3 cm³/mol. The van der Waals surface area contributed by atoms with Gasteiger partial charge in [-0.05, 0) is 38.0 Å². The second kappa shape index (κ2) is 7.64. The maximum absolute atomic E-state index is 12.8. The van der Waals surface area contributed by atoms with Crippen LogP contribution < -0.4 is 0 Å². The average molecular weight is 361 g/mol. The highest BCUT2D eigenvalue weighted by Crippen LogP contribution is 2.24. The molecule has 0 atom stereocenters. The molecule has 0 unspecified atom stereocenters. The summed E-state index contributed by atoms with van der Waals surface area (Å²) in [5.74, 6) is 0.0447. The van der Waals surface area contributed by atoms with Crippen molar-refractivity contribution in [3.8, 4) is 0 Å². The van der Waals surface area contributed by atoms with Gasteiger partial charge in [0.05, 0.1) is 15.5 Å². The van der Waals surface area contributed by atoms with E-state index in [0.717, 1.165) is 4.31 Å². The van der Waals surface area contributed by atoms with Crippen LogP contribution in [0.2, 0.25) is 5.02 Å². The standard InChI is InChI=1S/C16H25ClN2O3S/c1-11(2)10-19(12(3)4)16(20)14-9-13(7-8-15(14)17)23(21,22)18(5)6/h7-9,11-12H,10H2,1-6H3. The highest BCUT2D eigenvalue weighted by Gasteiger charge is 2.25. The van der Waals surface area contributed by atoms with Gasteiger partial charge < -0.3 is 4.90 Å². The van der Waals surface area contributed by atoms with Crippen molar-refractivity contribution < 1.29 is 13.2 Å². The van der Waals surface area contributed by atoms with E-state index in [9.17, 15) is 13.2 Å². The van der Waals surface area contributed by atoms with Gasteiger partial charge in [-0.2, -0.15) is 0 Å². The predicted octanol–water partition coefficient (Wildman–Crippen LogP) is 3.10. The van der Waals surface area contributed by atoms with Crippen molar-refractivity contribution in [2.24, 2.45) is 5.92 Å². The molecule has 0 bridgehead atoms. The van der Waals surface area contributed by atoms with Gasteiger partial charge in [0, 0.05) is 26.7 Å². The Labute approximate surface area is 144 Å². The third-order valence-electron chi connectivity index (χ3n) is 3.39. The molecule has 0 fully saturated rings. The lowest BCUT2D eigenvalue weighted by Gasteiger charge is -2.29. The first-order valence-corrected chi connectivity index (χ1v) is 9.33. The number of carbonyl (C=O) groups is 1. The molecular formula is C16H25ClN2O3S. The van der Waals surface area contributed by atoms with Crippen LogP contribution in [0.15, 0.2) is 23.1 Å². The van der Waals surface area contributed by atoms with Crippen LogP contribution >= 0.6 is 11.6 Å². The summed E-state index contributed by atoms with van der Waals surface area (Å²) in [4.78, 5) is 14.6. The van der Waals surface area contributed by atoms with Crippen molar-refractivity contribution in [3.05, 3.63) is 28.8 Å². The van der Waals surface area contributed by atoms with Crippen LogP contribution in [0.5, 0.6) is 0 Å². The Bertz CT molecular complexity index is 670. The Balaban J connectivity index is 3.34. The molecule has 0 radical (unpaired) electrons. The monoisotopic (exact) mass is 360 g/mol. The van der Waals surface area contributed by atoms with Gasteiger partial charge in [-0.3, -0.25) is 4.79 Å². The van der Waals surface area contributed by atoms with Gasteiger partial charge in [0.2, 0.25) is 10.0 Å². The van der Waals surface area contributed by atoms with E-state index in [1.807, 2.05) is 27.7 Å². The topological polar surface area (TPSA) is 57.7 Å². The summed E-state index contributed by atoms with van der Waals surface area (Å²) < 4.78 is 25.6. The first kappa shape index (κ1) is 19.9. The molecule has 0 aliphatic heterocycles. The zero-order valence-electron chi connectivity index (χ0n) is 14.5. The smallest absolute Gasteiger partial charge is 0.255 e. The van der Waals surface area contributed by atoms with Crippen molar-refractivity contribution in [1.82, 2.24) is 9.21 Å². The van der Waals surface area contributed by atoms with Crippen LogP contribution in [-0.2, 0) is 10.0 Å². The Morgan fingerprint density at radius 2 is 1.74 bits per heavy atom. The molecule has 7 heteroatoms. The number of rotatable bonds is 6. The van der Waals surface area contributed by atoms with Crippen molar-refractivity contribution in [2.45, 2.75) is 38.6 Å². The minimum Gasteiger partial charge on any atom is -0.336 e. The lowest BCUT2D eigenvalue weighted by molar-refractivity contribution is 0.0682. The van der Waals surface area contributed by atoms with Gasteiger partial charge in [-0.15, -0.1) is 0 Å². The molecule has 1 rings (SSSR count). The normalized spacial score (nSPS) is 12.3. The minimum absolute atomic E-state index is 0.00456. The molecule has 0 saturated carbocycles. The summed E-state index contributed by atoms with van der Waals surface area (Å²) in [6.45, 7) is 8.48. The fraction of sp³-hybridized carbons (Fsp3) is 0.562. The van der Waals surface area contributed by atoms with E-state index in [1.165, 1.54) is 32.3 Å². The van der Waals surface area contributed by atoms with E-state index in [4.69, 9.17) is 11.6 Å². The lowest BCUT2D eigenvalue weighted by atomic mass is 10.1. The number of halogens is 1. The Kier molecular flexibility index (Phi) is 6.62. The first-order valence-electron chi connectivity index (χ1n) is 7.51. The molecule has 0 spiro atoms. The molecule has 130 valence electrons. The van der Waals surface area contributed by atoms with E-state index in [2.05, 4.69) is 0 Å². The molecule has 0 heterocycles. The molecule has 0 N–H and O–H groups in total. The zero-order valence-corrected chi connectivity index (χ0v) is 16.1. The van der Waals surface area contributed by atoms with Crippen molar-refractivity contribution >= 4 is 27.5 Å². The third-order valence-corrected chi connectivity index (χ3v) is 5.53. The van der Waals surface area contributed by atoms with E-state index >= 15 is 0 Å². The number of hydrogen-bond donors (Lipinski definition) is 0. The molecular weight excluding hydrogens is 336 g/mol. The Morgan fingerprint density at radius 3 is 2.17 bits per heavy atom. The number of carbonyl (C=O) groups excluding carboxylic acids is 1. The third kappa shape index (κ3) is 4.68. The summed E-state index contributed by atoms with van der Waals surface area (Å²) >= 11 is 6.15. The molecule has 5 nitrogen and oxygen atoms in total. The van der Waals surface area contributed by atoms with Gasteiger partial charge in [0.1, 0.15) is 0 Å². The molecule has 1 aromatic rings. The molecule has 0 saturated heterocycles. The van der Waals surface area contributed by atoms with Crippen molar-refractivity contribution in [3.63, 3.8) is 0 Å². The van der Waals surface area contributed by atoms with Crippen LogP contribution in [0.3, 0.4) is 0 Å². The highest BCUT2D eigenvalue weighted by atomic mass is 35.5. The van der Waals surface area contributed by atoms with E-state index < -0.39 is 10.0 Å². The second-order valence-electron chi connectivity index (χ2n) is 6.37. The average Bonchev–Trinajstić information content (AvgIpc) is 2.43. The zero-order chi connectivity index (χ0) is 17.9. The van der Waals surface area contributed by atoms with Gasteiger partial charge in [-0.25, -0.2) is 12.7 Å². The maximum atomic E-state index is 12.8. The summed E-state index contributed by atoms with van der Waals surface area (Å²) in [6.07, 6.45) is 0. The van der Waals surface area contributed by atoms with Crippen molar-refractivity contribution in [1.29, 1.82) is 0 Å². The van der Waals surface area contributed by atoms with Crippen LogP contribution in [-0.4, -0.2) is 50.2 Å². The second-order valence-corrected chi connectivity index (χ2v) is 8.93.